The number of nitrogens with one attached hydrogen (secondary N) is 1. The van der Waals surface area contributed by atoms with E-state index in [9.17, 15) is 14.4 Å². The number of aliphatic carboxylic acids is 1. The quantitative estimate of drug-likeness (QED) is 0.548. The van der Waals surface area contributed by atoms with Crippen molar-refractivity contribution >= 4 is 17.8 Å². The molecule has 0 spiro atoms. The van der Waals surface area contributed by atoms with Crippen LogP contribution >= 0.6 is 0 Å². The van der Waals surface area contributed by atoms with E-state index in [0.29, 0.717) is 19.4 Å². The van der Waals surface area contributed by atoms with E-state index in [1.165, 1.54) is 0 Å². The molecule has 6 nitrogen and oxygen atoms in total. The smallest absolute Gasteiger partial charge is 0.309 e. The number of hydrogen-bond donors (Lipinski definition) is 2. The van der Waals surface area contributed by atoms with E-state index in [4.69, 9.17) is 9.84 Å². The van der Waals surface area contributed by atoms with Crippen molar-refractivity contribution in [1.82, 2.24) is 5.32 Å². The minimum atomic E-state index is -1.01. The molecule has 30 heavy (non-hydrogen) atoms. The molecule has 0 heterocycles. The highest BCUT2D eigenvalue weighted by atomic mass is 16.5. The molecular formula is C24H29NO5. The predicted molar refractivity (Wildman–Crippen MR) is 115 cm³/mol. The third kappa shape index (κ3) is 7.70. The molecule has 2 atom stereocenters. The average molecular weight is 411 g/mol. The highest BCUT2D eigenvalue weighted by Gasteiger charge is 2.24. The van der Waals surface area contributed by atoms with E-state index in [1.54, 1.807) is 6.92 Å². The van der Waals surface area contributed by atoms with E-state index in [0.717, 1.165) is 16.7 Å². The summed E-state index contributed by atoms with van der Waals surface area (Å²) in [4.78, 5) is 34.9. The maximum absolute atomic E-state index is 12.5. The number of esters is 1. The third-order valence-corrected chi connectivity index (χ3v) is 4.77. The van der Waals surface area contributed by atoms with Crippen molar-refractivity contribution in [1.29, 1.82) is 0 Å². The molecule has 2 aromatic carbocycles. The Morgan fingerprint density at radius 3 is 2.20 bits per heavy atom. The van der Waals surface area contributed by atoms with Gasteiger partial charge in [0.15, 0.2) is 0 Å². The zero-order chi connectivity index (χ0) is 21.9. The molecule has 0 aliphatic heterocycles. The Morgan fingerprint density at radius 2 is 1.60 bits per heavy atom. The van der Waals surface area contributed by atoms with Crippen LogP contribution < -0.4 is 5.32 Å². The summed E-state index contributed by atoms with van der Waals surface area (Å²) in [6.07, 6.45) is 0.625. The lowest BCUT2D eigenvalue weighted by Crippen LogP contribution is -2.36. The van der Waals surface area contributed by atoms with Crippen LogP contribution in [0.1, 0.15) is 38.7 Å². The van der Waals surface area contributed by atoms with Gasteiger partial charge in [-0.25, -0.2) is 0 Å². The van der Waals surface area contributed by atoms with Gasteiger partial charge in [-0.1, -0.05) is 54.6 Å². The number of carboxylic acid groups (broad SMARTS) is 1. The summed E-state index contributed by atoms with van der Waals surface area (Å²) in [5, 5.41) is 11.5. The maximum Gasteiger partial charge on any atom is 0.309 e. The van der Waals surface area contributed by atoms with Gasteiger partial charge in [-0.2, -0.15) is 0 Å². The molecule has 6 heteroatoms. The second-order valence-corrected chi connectivity index (χ2v) is 7.31. The molecule has 0 saturated carbocycles. The van der Waals surface area contributed by atoms with Gasteiger partial charge in [-0.05, 0) is 43.4 Å². The zero-order valence-corrected chi connectivity index (χ0v) is 17.5. The fourth-order valence-electron chi connectivity index (χ4n) is 3.32. The van der Waals surface area contributed by atoms with Gasteiger partial charge in [0, 0.05) is 12.5 Å². The highest BCUT2D eigenvalue weighted by molar-refractivity contribution is 5.81. The number of amides is 1. The molecule has 160 valence electrons. The third-order valence-electron chi connectivity index (χ3n) is 4.77. The van der Waals surface area contributed by atoms with Gasteiger partial charge in [0.05, 0.1) is 18.9 Å². The van der Waals surface area contributed by atoms with Crippen LogP contribution in [-0.4, -0.2) is 35.6 Å². The molecular weight excluding hydrogens is 382 g/mol. The van der Waals surface area contributed by atoms with Gasteiger partial charge >= 0.3 is 11.9 Å². The monoisotopic (exact) mass is 411 g/mol. The Bertz CT molecular complexity index is 832. The Kier molecular flexibility index (Phi) is 9.06. The number of rotatable bonds is 11. The van der Waals surface area contributed by atoms with Gasteiger partial charge < -0.3 is 15.2 Å². The molecule has 0 saturated heterocycles. The van der Waals surface area contributed by atoms with E-state index >= 15 is 0 Å². The normalized spacial score (nSPS) is 12.6. The van der Waals surface area contributed by atoms with Crippen LogP contribution in [0.2, 0.25) is 0 Å². The number of hydrogen-bond acceptors (Lipinski definition) is 4. The van der Waals surface area contributed by atoms with Crippen molar-refractivity contribution in [3.8, 4) is 11.1 Å². The summed E-state index contributed by atoms with van der Waals surface area (Å²) in [7, 11) is 0. The Morgan fingerprint density at radius 1 is 0.967 bits per heavy atom. The lowest BCUT2D eigenvalue weighted by atomic mass is 9.92. The summed E-state index contributed by atoms with van der Waals surface area (Å²) in [5.41, 5.74) is 3.24. The molecule has 0 unspecified atom stereocenters. The van der Waals surface area contributed by atoms with Crippen LogP contribution in [0.5, 0.6) is 0 Å². The highest BCUT2D eigenvalue weighted by Crippen LogP contribution is 2.22. The topological polar surface area (TPSA) is 92.7 Å². The average Bonchev–Trinajstić information content (AvgIpc) is 2.73. The summed E-state index contributed by atoms with van der Waals surface area (Å²) in [5.74, 6) is -2.04. The minimum Gasteiger partial charge on any atom is -0.481 e. The number of carbonyl (C=O) groups excluding carboxylic acids is 2. The lowest BCUT2D eigenvalue weighted by Gasteiger charge is -2.21. The summed E-state index contributed by atoms with van der Waals surface area (Å²) in [6.45, 7) is 3.87. The van der Waals surface area contributed by atoms with Crippen molar-refractivity contribution < 1.29 is 24.2 Å². The van der Waals surface area contributed by atoms with Gasteiger partial charge in [0.1, 0.15) is 0 Å². The first kappa shape index (κ1) is 23.1. The summed E-state index contributed by atoms with van der Waals surface area (Å²) >= 11 is 0. The molecule has 0 radical (unpaired) electrons. The van der Waals surface area contributed by atoms with Gasteiger partial charge in [0.25, 0.3) is 0 Å². The predicted octanol–water partition coefficient (Wildman–Crippen LogP) is 3.84. The van der Waals surface area contributed by atoms with Crippen LogP contribution in [0.3, 0.4) is 0 Å². The second-order valence-electron chi connectivity index (χ2n) is 7.31. The molecule has 0 bridgehead atoms. The SMILES string of the molecule is CCOC(=O)[C@H](Cc1ccc(-c2ccccc2)cc1)C[C@@H](C)NC(=O)CCC(=O)O. The van der Waals surface area contributed by atoms with Crippen molar-refractivity contribution in [2.75, 3.05) is 6.61 Å². The number of benzene rings is 2. The van der Waals surface area contributed by atoms with Gasteiger partial charge in [-0.3, -0.25) is 14.4 Å². The number of ether oxygens (including phenoxy) is 1. The Labute approximate surface area is 177 Å². The number of carbonyl (C=O) groups is 3. The molecule has 0 aliphatic carbocycles. The largest absolute Gasteiger partial charge is 0.481 e. The molecule has 2 rings (SSSR count). The Hall–Kier alpha value is -3.15. The first-order valence-corrected chi connectivity index (χ1v) is 10.2. The molecule has 0 fully saturated rings. The van der Waals surface area contributed by atoms with Crippen molar-refractivity contribution in [2.24, 2.45) is 5.92 Å². The first-order chi connectivity index (χ1) is 14.4. The van der Waals surface area contributed by atoms with E-state index in [1.807, 2.05) is 61.5 Å². The molecule has 1 amide bonds. The Balaban J connectivity index is 2.01. The van der Waals surface area contributed by atoms with E-state index < -0.39 is 11.9 Å². The molecule has 0 aromatic heterocycles. The maximum atomic E-state index is 12.5. The van der Waals surface area contributed by atoms with Crippen LogP contribution in [-0.2, 0) is 25.5 Å². The summed E-state index contributed by atoms with van der Waals surface area (Å²) in [6, 6.07) is 17.9. The van der Waals surface area contributed by atoms with Crippen LogP contribution in [0, 0.1) is 5.92 Å². The lowest BCUT2D eigenvalue weighted by molar-refractivity contribution is -0.148. The minimum absolute atomic E-state index is 0.0787. The van der Waals surface area contributed by atoms with Gasteiger partial charge in [0.2, 0.25) is 5.91 Å². The van der Waals surface area contributed by atoms with Gasteiger partial charge in [-0.15, -0.1) is 0 Å². The number of carboxylic acids is 1. The first-order valence-electron chi connectivity index (χ1n) is 10.2. The fourth-order valence-corrected chi connectivity index (χ4v) is 3.32. The van der Waals surface area contributed by atoms with Crippen molar-refractivity contribution in [3.05, 3.63) is 60.2 Å². The summed E-state index contributed by atoms with van der Waals surface area (Å²) < 4.78 is 5.22. The second kappa shape index (κ2) is 11.8. The fraction of sp³-hybridized carbons (Fsp3) is 0.375. The van der Waals surface area contributed by atoms with Crippen LogP contribution in [0.15, 0.2) is 54.6 Å². The van der Waals surface area contributed by atoms with Crippen molar-refractivity contribution in [3.63, 3.8) is 0 Å². The van der Waals surface area contributed by atoms with Crippen molar-refractivity contribution in [2.45, 2.75) is 45.6 Å². The zero-order valence-electron chi connectivity index (χ0n) is 17.5. The van der Waals surface area contributed by atoms with E-state index in [-0.39, 0.29) is 30.8 Å². The van der Waals surface area contributed by atoms with Crippen LogP contribution in [0.25, 0.3) is 11.1 Å². The molecule has 2 aromatic rings. The van der Waals surface area contributed by atoms with Crippen LogP contribution in [0.4, 0.5) is 0 Å². The molecule has 0 aliphatic rings. The van der Waals surface area contributed by atoms with E-state index in [2.05, 4.69) is 5.32 Å². The standard InChI is InChI=1S/C24H29NO5/c1-3-30-24(29)21(15-17(2)25-22(26)13-14-23(27)28)16-18-9-11-20(12-10-18)19-7-5-4-6-8-19/h4-12,17,21H,3,13-16H2,1-2H3,(H,25,26)(H,27,28)/t17-,21+/m1/s1. The molecule has 2 N–H and O–H groups in total.